The molecule has 0 spiro atoms. The van der Waals surface area contributed by atoms with Crippen molar-refractivity contribution in [3.05, 3.63) is 12.7 Å². The lowest BCUT2D eigenvalue weighted by Gasteiger charge is -2.46. The van der Waals surface area contributed by atoms with Gasteiger partial charge in [-0.2, -0.15) is 0 Å². The molecule has 0 saturated heterocycles. The summed E-state index contributed by atoms with van der Waals surface area (Å²) in [4.78, 5) is 34.8. The highest BCUT2D eigenvalue weighted by Crippen LogP contribution is 2.49. The molecule has 1 aliphatic carbocycles. The third kappa shape index (κ3) is 8.02. The van der Waals surface area contributed by atoms with Crippen molar-refractivity contribution in [3.8, 4) is 0 Å². The number of ketones is 1. The Balaban J connectivity index is 2.51. The van der Waals surface area contributed by atoms with E-state index in [0.717, 1.165) is 25.3 Å². The molecule has 1 rings (SSSR count). The lowest BCUT2D eigenvalue weighted by atomic mass is 9.60. The smallest absolute Gasteiger partial charge is 0.330 e. The second-order valence-corrected chi connectivity index (χ2v) is 8.58. The molecule has 26 heavy (non-hydrogen) atoms. The van der Waals surface area contributed by atoms with Gasteiger partial charge >= 0.3 is 12.0 Å². The first-order chi connectivity index (χ1) is 12.1. The van der Waals surface area contributed by atoms with Crippen molar-refractivity contribution in [2.24, 2.45) is 16.7 Å². The molecule has 0 bridgehead atoms. The molecule has 0 aromatic rings. The molecular weight excluding hydrogens is 332 g/mol. The molecule has 1 fully saturated rings. The highest BCUT2D eigenvalue weighted by Gasteiger charge is 2.41. The maximum Gasteiger partial charge on any atom is 0.330 e. The highest BCUT2D eigenvalue weighted by atomic mass is 16.5. The van der Waals surface area contributed by atoms with Crippen LogP contribution in [0.2, 0.25) is 0 Å². The predicted molar refractivity (Wildman–Crippen MR) is 102 cm³/mol. The summed E-state index contributed by atoms with van der Waals surface area (Å²) in [6.07, 6.45) is 5.61. The van der Waals surface area contributed by atoms with Crippen LogP contribution in [0.15, 0.2) is 12.7 Å². The van der Waals surface area contributed by atoms with Gasteiger partial charge in [-0.05, 0) is 42.4 Å². The lowest BCUT2D eigenvalue weighted by molar-refractivity contribution is -0.138. The van der Waals surface area contributed by atoms with Gasteiger partial charge in [-0.3, -0.25) is 4.79 Å². The van der Waals surface area contributed by atoms with Crippen LogP contribution in [0.4, 0.5) is 4.79 Å². The van der Waals surface area contributed by atoms with Gasteiger partial charge in [0.25, 0.3) is 0 Å². The molecular formula is C20H34N2O4. The molecule has 0 heterocycles. The fourth-order valence-electron chi connectivity index (χ4n) is 4.44. The molecule has 0 radical (unpaired) electrons. The number of carbonyl (C=O) groups excluding carboxylic acids is 3. The van der Waals surface area contributed by atoms with Crippen molar-refractivity contribution >= 4 is 17.8 Å². The molecule has 6 heteroatoms. The van der Waals surface area contributed by atoms with Gasteiger partial charge in [0.1, 0.15) is 5.78 Å². The summed E-state index contributed by atoms with van der Waals surface area (Å²) in [6.45, 7) is 10.9. The van der Waals surface area contributed by atoms with Gasteiger partial charge in [0.05, 0.1) is 6.61 Å². The van der Waals surface area contributed by atoms with E-state index < -0.39 is 5.97 Å². The van der Waals surface area contributed by atoms with E-state index in [9.17, 15) is 14.4 Å². The van der Waals surface area contributed by atoms with Crippen LogP contribution in [0.3, 0.4) is 0 Å². The molecule has 1 aliphatic rings. The van der Waals surface area contributed by atoms with E-state index in [2.05, 4.69) is 38.0 Å². The van der Waals surface area contributed by atoms with Gasteiger partial charge in [0.2, 0.25) is 0 Å². The summed E-state index contributed by atoms with van der Waals surface area (Å²) < 4.78 is 4.91. The first kappa shape index (κ1) is 22.2. The Morgan fingerprint density at radius 3 is 2.54 bits per heavy atom. The number of hydrogen-bond donors (Lipinski definition) is 2. The van der Waals surface area contributed by atoms with E-state index in [4.69, 9.17) is 4.74 Å². The maximum absolute atomic E-state index is 12.3. The van der Waals surface area contributed by atoms with Crippen LogP contribution in [0.5, 0.6) is 0 Å². The van der Waals surface area contributed by atoms with Crippen molar-refractivity contribution in [2.75, 3.05) is 20.2 Å². The first-order valence-electron chi connectivity index (χ1n) is 9.36. The number of amides is 2. The second kappa shape index (κ2) is 9.74. The minimum Gasteiger partial charge on any atom is -0.463 e. The Morgan fingerprint density at radius 2 is 1.92 bits per heavy atom. The Hall–Kier alpha value is -1.85. The lowest BCUT2D eigenvalue weighted by Crippen LogP contribution is -2.45. The number of hydrogen-bond acceptors (Lipinski definition) is 4. The average molecular weight is 367 g/mol. The topological polar surface area (TPSA) is 84.5 Å². The van der Waals surface area contributed by atoms with E-state index in [1.54, 1.807) is 7.05 Å². The van der Waals surface area contributed by atoms with Crippen molar-refractivity contribution in [3.63, 3.8) is 0 Å². The van der Waals surface area contributed by atoms with Crippen LogP contribution in [-0.2, 0) is 14.3 Å². The Kier molecular flexibility index (Phi) is 8.31. The summed E-state index contributed by atoms with van der Waals surface area (Å²) in [7, 11) is 1.61. The minimum atomic E-state index is -0.453. The SMILES string of the molecule is C=CC(=O)OCCCC(=O)CC1CC(C)(C)CC(C)(CNC(=O)NC)C1. The molecule has 2 unspecified atom stereocenters. The third-order valence-electron chi connectivity index (χ3n) is 4.96. The number of ether oxygens (including phenoxy) is 1. The largest absolute Gasteiger partial charge is 0.463 e. The van der Waals surface area contributed by atoms with Gasteiger partial charge in [-0.25, -0.2) is 9.59 Å². The van der Waals surface area contributed by atoms with Crippen LogP contribution >= 0.6 is 0 Å². The van der Waals surface area contributed by atoms with E-state index >= 15 is 0 Å². The predicted octanol–water partition coefficient (Wildman–Crippen LogP) is 3.22. The number of urea groups is 1. The zero-order chi connectivity index (χ0) is 19.8. The minimum absolute atomic E-state index is 0.0152. The van der Waals surface area contributed by atoms with Gasteiger partial charge < -0.3 is 15.4 Å². The second-order valence-electron chi connectivity index (χ2n) is 8.58. The molecule has 0 aromatic carbocycles. The first-order valence-corrected chi connectivity index (χ1v) is 9.36. The Labute approximate surface area is 157 Å². The number of esters is 1. The van der Waals surface area contributed by atoms with Crippen molar-refractivity contribution in [1.29, 1.82) is 0 Å². The van der Waals surface area contributed by atoms with E-state index in [-0.39, 0.29) is 29.3 Å². The molecule has 148 valence electrons. The molecule has 2 amide bonds. The number of Topliss-reactive ketones (excluding diaryl/α,β-unsaturated/α-hetero) is 1. The van der Waals surface area contributed by atoms with Crippen molar-refractivity contribution in [1.82, 2.24) is 10.6 Å². The van der Waals surface area contributed by atoms with Gasteiger partial charge in [0, 0.05) is 32.5 Å². The van der Waals surface area contributed by atoms with Crippen LogP contribution < -0.4 is 10.6 Å². The number of nitrogens with one attached hydrogen (secondary N) is 2. The zero-order valence-electron chi connectivity index (χ0n) is 16.7. The van der Waals surface area contributed by atoms with Gasteiger partial charge in [-0.15, -0.1) is 0 Å². The molecule has 6 nitrogen and oxygen atoms in total. The molecule has 1 saturated carbocycles. The van der Waals surface area contributed by atoms with Gasteiger partial charge in [0.15, 0.2) is 0 Å². The van der Waals surface area contributed by atoms with E-state index in [0.29, 0.717) is 31.7 Å². The summed E-state index contributed by atoms with van der Waals surface area (Å²) in [6, 6.07) is -0.170. The van der Waals surface area contributed by atoms with Crippen molar-refractivity contribution < 1.29 is 19.1 Å². The standard InChI is InChI=1S/C20H34N2O4/c1-6-17(24)26-9-7-8-16(23)10-15-11-19(2,3)13-20(4,12-15)14-22-18(25)21-5/h6,15H,1,7-14H2,2-5H3,(H2,21,22,25). The van der Waals surface area contributed by atoms with Crippen LogP contribution in [0, 0.1) is 16.7 Å². The van der Waals surface area contributed by atoms with Crippen LogP contribution in [0.25, 0.3) is 0 Å². The quantitative estimate of drug-likeness (QED) is 0.373. The fourth-order valence-corrected chi connectivity index (χ4v) is 4.44. The van der Waals surface area contributed by atoms with Crippen molar-refractivity contribution in [2.45, 2.75) is 59.3 Å². The van der Waals surface area contributed by atoms with Crippen LogP contribution in [0.1, 0.15) is 59.3 Å². The number of rotatable bonds is 9. The number of carbonyl (C=O) groups is 3. The molecule has 0 aromatic heterocycles. The summed E-state index contributed by atoms with van der Waals surface area (Å²) in [5.74, 6) is 0.0771. The average Bonchev–Trinajstić information content (AvgIpc) is 2.54. The molecule has 2 atom stereocenters. The van der Waals surface area contributed by atoms with E-state index in [1.807, 2.05) is 0 Å². The summed E-state index contributed by atoms with van der Waals surface area (Å²) in [5, 5.41) is 5.50. The fraction of sp³-hybridized carbons (Fsp3) is 0.750. The van der Waals surface area contributed by atoms with E-state index in [1.165, 1.54) is 0 Å². The normalized spacial score (nSPS) is 24.4. The Morgan fingerprint density at radius 1 is 1.23 bits per heavy atom. The molecule has 2 N–H and O–H groups in total. The molecule has 0 aliphatic heterocycles. The van der Waals surface area contributed by atoms with Gasteiger partial charge in [-0.1, -0.05) is 27.4 Å². The summed E-state index contributed by atoms with van der Waals surface area (Å²) >= 11 is 0. The Bertz CT molecular complexity index is 530. The summed E-state index contributed by atoms with van der Waals surface area (Å²) in [5.41, 5.74) is 0.126. The van der Waals surface area contributed by atoms with Crippen LogP contribution in [-0.4, -0.2) is 38.0 Å². The highest BCUT2D eigenvalue weighted by molar-refractivity contribution is 5.81. The zero-order valence-corrected chi connectivity index (χ0v) is 16.7. The third-order valence-corrected chi connectivity index (χ3v) is 4.96. The maximum atomic E-state index is 12.3. The monoisotopic (exact) mass is 366 g/mol.